The van der Waals surface area contributed by atoms with Gasteiger partial charge in [-0.2, -0.15) is 4.98 Å². The van der Waals surface area contributed by atoms with Crippen LogP contribution < -0.4 is 0 Å². The standard InChI is InChI=1S/C18H18N4O4/c23-18(15-6-3-9-24-15)22-8-2-5-14(11-22)25-12-16-20-17(21-26-16)13-4-1-7-19-10-13/h1,3-4,6-7,9-10,14H,2,5,8,11-12H2/t14-/m0/s1. The number of furan rings is 1. The number of carbonyl (C=O) groups excluding carboxylic acids is 1. The van der Waals surface area contributed by atoms with Crippen LogP contribution in [-0.4, -0.2) is 45.1 Å². The van der Waals surface area contributed by atoms with Crippen molar-refractivity contribution in [3.05, 3.63) is 54.6 Å². The largest absolute Gasteiger partial charge is 0.459 e. The molecule has 1 fully saturated rings. The summed E-state index contributed by atoms with van der Waals surface area (Å²) < 4.78 is 16.3. The van der Waals surface area contributed by atoms with Gasteiger partial charge in [0, 0.05) is 31.0 Å². The summed E-state index contributed by atoms with van der Waals surface area (Å²) >= 11 is 0. The van der Waals surface area contributed by atoms with Gasteiger partial charge in [0.15, 0.2) is 5.76 Å². The van der Waals surface area contributed by atoms with E-state index in [0.29, 0.717) is 30.6 Å². The van der Waals surface area contributed by atoms with Crippen molar-refractivity contribution in [2.24, 2.45) is 0 Å². The molecule has 0 radical (unpaired) electrons. The molecule has 1 aliphatic rings. The van der Waals surface area contributed by atoms with Crippen molar-refractivity contribution in [2.45, 2.75) is 25.6 Å². The van der Waals surface area contributed by atoms with Crippen molar-refractivity contribution < 1.29 is 18.5 Å². The van der Waals surface area contributed by atoms with Gasteiger partial charge in [-0.25, -0.2) is 0 Å². The zero-order chi connectivity index (χ0) is 17.8. The third-order valence-corrected chi connectivity index (χ3v) is 4.23. The van der Waals surface area contributed by atoms with E-state index < -0.39 is 0 Å². The van der Waals surface area contributed by atoms with Crippen LogP contribution in [0.2, 0.25) is 0 Å². The van der Waals surface area contributed by atoms with Gasteiger partial charge in [0.05, 0.1) is 12.4 Å². The Balaban J connectivity index is 1.33. The van der Waals surface area contributed by atoms with E-state index in [1.54, 1.807) is 29.4 Å². The fourth-order valence-corrected chi connectivity index (χ4v) is 2.93. The number of nitrogens with zero attached hydrogens (tertiary/aromatic N) is 4. The number of aromatic nitrogens is 3. The van der Waals surface area contributed by atoms with E-state index in [1.165, 1.54) is 6.26 Å². The summed E-state index contributed by atoms with van der Waals surface area (Å²) in [5.41, 5.74) is 0.787. The van der Waals surface area contributed by atoms with Crippen molar-refractivity contribution in [3.63, 3.8) is 0 Å². The van der Waals surface area contributed by atoms with Crippen LogP contribution in [-0.2, 0) is 11.3 Å². The minimum absolute atomic E-state index is 0.0728. The second-order valence-corrected chi connectivity index (χ2v) is 6.06. The first-order chi connectivity index (χ1) is 12.8. The zero-order valence-corrected chi connectivity index (χ0v) is 14.1. The fraction of sp³-hybridized carbons (Fsp3) is 0.333. The van der Waals surface area contributed by atoms with Crippen molar-refractivity contribution in [3.8, 4) is 11.4 Å². The Morgan fingerprint density at radius 2 is 2.31 bits per heavy atom. The average molecular weight is 354 g/mol. The molecule has 1 saturated heterocycles. The number of amides is 1. The smallest absolute Gasteiger partial charge is 0.289 e. The third-order valence-electron chi connectivity index (χ3n) is 4.23. The first-order valence-corrected chi connectivity index (χ1v) is 8.47. The van der Waals surface area contributed by atoms with E-state index in [1.807, 2.05) is 12.1 Å². The molecule has 1 amide bonds. The Kier molecular flexibility index (Phi) is 4.74. The highest BCUT2D eigenvalue weighted by molar-refractivity contribution is 5.91. The highest BCUT2D eigenvalue weighted by Crippen LogP contribution is 2.19. The molecule has 0 N–H and O–H groups in total. The third kappa shape index (κ3) is 3.65. The molecule has 8 nitrogen and oxygen atoms in total. The summed E-state index contributed by atoms with van der Waals surface area (Å²) in [4.78, 5) is 22.5. The number of pyridine rings is 1. The minimum Gasteiger partial charge on any atom is -0.459 e. The zero-order valence-electron chi connectivity index (χ0n) is 14.1. The number of likely N-dealkylation sites (tertiary alicyclic amines) is 1. The van der Waals surface area contributed by atoms with Gasteiger partial charge in [0.25, 0.3) is 11.8 Å². The Morgan fingerprint density at radius 1 is 1.35 bits per heavy atom. The Morgan fingerprint density at radius 3 is 3.12 bits per heavy atom. The lowest BCUT2D eigenvalue weighted by Gasteiger charge is -2.31. The summed E-state index contributed by atoms with van der Waals surface area (Å²) in [6.07, 6.45) is 6.55. The van der Waals surface area contributed by atoms with Crippen LogP contribution in [0.4, 0.5) is 0 Å². The van der Waals surface area contributed by atoms with Gasteiger partial charge in [-0.05, 0) is 37.1 Å². The average Bonchev–Trinajstić information content (AvgIpc) is 3.39. The lowest BCUT2D eigenvalue weighted by atomic mass is 10.1. The first kappa shape index (κ1) is 16.5. The van der Waals surface area contributed by atoms with E-state index in [2.05, 4.69) is 15.1 Å². The molecule has 0 saturated carbocycles. The predicted molar refractivity (Wildman–Crippen MR) is 90.0 cm³/mol. The van der Waals surface area contributed by atoms with Crippen molar-refractivity contribution in [1.82, 2.24) is 20.0 Å². The van der Waals surface area contributed by atoms with Crippen LogP contribution in [0.3, 0.4) is 0 Å². The van der Waals surface area contributed by atoms with Crippen LogP contribution in [0.15, 0.2) is 51.9 Å². The minimum atomic E-state index is -0.111. The van der Waals surface area contributed by atoms with E-state index in [0.717, 1.165) is 18.4 Å². The lowest BCUT2D eigenvalue weighted by Crippen LogP contribution is -2.43. The second-order valence-electron chi connectivity index (χ2n) is 6.06. The van der Waals surface area contributed by atoms with Gasteiger partial charge in [-0.15, -0.1) is 0 Å². The van der Waals surface area contributed by atoms with Crippen molar-refractivity contribution in [2.75, 3.05) is 13.1 Å². The molecule has 8 heteroatoms. The predicted octanol–water partition coefficient (Wildman–Crippen LogP) is 2.55. The summed E-state index contributed by atoms with van der Waals surface area (Å²) in [7, 11) is 0. The van der Waals surface area contributed by atoms with E-state index in [9.17, 15) is 4.79 Å². The molecule has 4 heterocycles. The quantitative estimate of drug-likeness (QED) is 0.695. The van der Waals surface area contributed by atoms with E-state index in [-0.39, 0.29) is 18.6 Å². The van der Waals surface area contributed by atoms with Gasteiger partial charge in [-0.1, -0.05) is 5.16 Å². The van der Waals surface area contributed by atoms with Gasteiger partial charge in [-0.3, -0.25) is 9.78 Å². The van der Waals surface area contributed by atoms with Crippen LogP contribution >= 0.6 is 0 Å². The maximum Gasteiger partial charge on any atom is 0.289 e. The topological polar surface area (TPSA) is 94.5 Å². The Bertz CT molecular complexity index is 847. The summed E-state index contributed by atoms with van der Waals surface area (Å²) in [6, 6.07) is 7.06. The van der Waals surface area contributed by atoms with Crippen LogP contribution in [0.25, 0.3) is 11.4 Å². The molecule has 1 aliphatic heterocycles. The summed E-state index contributed by atoms with van der Waals surface area (Å²) in [6.45, 7) is 1.43. The number of ether oxygens (including phenoxy) is 1. The Labute approximate surface area is 149 Å². The monoisotopic (exact) mass is 354 g/mol. The van der Waals surface area contributed by atoms with Gasteiger partial charge >= 0.3 is 0 Å². The molecule has 134 valence electrons. The SMILES string of the molecule is O=C(c1ccco1)N1CCC[C@H](OCc2nc(-c3cccnc3)no2)C1. The molecule has 0 aromatic carbocycles. The fourth-order valence-electron chi connectivity index (χ4n) is 2.93. The molecule has 1 atom stereocenters. The van der Waals surface area contributed by atoms with Crippen molar-refractivity contribution in [1.29, 1.82) is 0 Å². The van der Waals surface area contributed by atoms with Crippen LogP contribution in [0.1, 0.15) is 29.3 Å². The number of hydrogen-bond donors (Lipinski definition) is 0. The molecule has 0 spiro atoms. The lowest BCUT2D eigenvalue weighted by molar-refractivity contribution is -0.0160. The van der Waals surface area contributed by atoms with Gasteiger partial charge in [0.2, 0.25) is 5.82 Å². The molecule has 3 aromatic rings. The molecular formula is C18H18N4O4. The molecule has 26 heavy (non-hydrogen) atoms. The van der Waals surface area contributed by atoms with Crippen LogP contribution in [0.5, 0.6) is 0 Å². The Hall–Kier alpha value is -3.00. The molecular weight excluding hydrogens is 336 g/mol. The second kappa shape index (κ2) is 7.49. The maximum absolute atomic E-state index is 12.4. The maximum atomic E-state index is 12.4. The van der Waals surface area contributed by atoms with E-state index in [4.69, 9.17) is 13.7 Å². The molecule has 0 unspecified atom stereocenters. The number of hydrogen-bond acceptors (Lipinski definition) is 7. The number of carbonyl (C=O) groups is 1. The highest BCUT2D eigenvalue weighted by Gasteiger charge is 2.26. The normalized spacial score (nSPS) is 17.4. The molecule has 0 bridgehead atoms. The number of piperidine rings is 1. The van der Waals surface area contributed by atoms with Gasteiger partial charge in [0.1, 0.15) is 6.61 Å². The van der Waals surface area contributed by atoms with Crippen molar-refractivity contribution >= 4 is 5.91 Å². The summed E-state index contributed by atoms with van der Waals surface area (Å²) in [5, 5.41) is 3.94. The van der Waals surface area contributed by atoms with Gasteiger partial charge < -0.3 is 18.6 Å². The first-order valence-electron chi connectivity index (χ1n) is 8.47. The molecule has 3 aromatic heterocycles. The number of rotatable bonds is 5. The molecule has 4 rings (SSSR count). The summed E-state index contributed by atoms with van der Waals surface area (Å²) in [5.74, 6) is 1.12. The molecule has 0 aliphatic carbocycles. The van der Waals surface area contributed by atoms with E-state index >= 15 is 0 Å². The van der Waals surface area contributed by atoms with Crippen LogP contribution in [0, 0.1) is 0 Å². The highest BCUT2D eigenvalue weighted by atomic mass is 16.5.